The minimum atomic E-state index is -0.112. The lowest BCUT2D eigenvalue weighted by Crippen LogP contribution is -2.18. The van der Waals surface area contributed by atoms with Gasteiger partial charge in [-0.25, -0.2) is 4.98 Å². The maximum absolute atomic E-state index is 12.5. The van der Waals surface area contributed by atoms with Gasteiger partial charge >= 0.3 is 0 Å². The van der Waals surface area contributed by atoms with Gasteiger partial charge in [-0.2, -0.15) is 0 Å². The van der Waals surface area contributed by atoms with E-state index in [9.17, 15) is 4.79 Å². The van der Waals surface area contributed by atoms with Crippen LogP contribution in [0.15, 0.2) is 79.1 Å². The quantitative estimate of drug-likeness (QED) is 0.500. The second-order valence-corrected chi connectivity index (χ2v) is 6.69. The highest BCUT2D eigenvalue weighted by molar-refractivity contribution is 5.99. The van der Waals surface area contributed by atoms with E-state index in [1.165, 1.54) is 0 Å². The van der Waals surface area contributed by atoms with Gasteiger partial charge in [0.05, 0.1) is 17.4 Å². The Morgan fingerprint density at radius 1 is 1.00 bits per heavy atom. The van der Waals surface area contributed by atoms with Gasteiger partial charge in [0, 0.05) is 11.4 Å². The Balaban J connectivity index is 1.46. The van der Waals surface area contributed by atoms with E-state index < -0.39 is 0 Å². The van der Waals surface area contributed by atoms with Crippen molar-refractivity contribution >= 4 is 28.3 Å². The second kappa shape index (κ2) is 7.48. The smallest absolute Gasteiger partial charge is 0.244 e. The van der Waals surface area contributed by atoms with E-state index in [1.807, 2.05) is 65.2 Å². The summed E-state index contributed by atoms with van der Waals surface area (Å²) in [5.41, 5.74) is 6.00. The Morgan fingerprint density at radius 3 is 2.43 bits per heavy atom. The average Bonchev–Trinajstić information content (AvgIpc) is 3.11. The summed E-state index contributed by atoms with van der Waals surface area (Å²) in [6, 6.07) is 23.6. The van der Waals surface area contributed by atoms with Crippen LogP contribution in [-0.4, -0.2) is 21.2 Å². The molecule has 1 amide bonds. The number of hydrogen-bond donors (Lipinski definition) is 2. The molecule has 5 nitrogen and oxygen atoms in total. The van der Waals surface area contributed by atoms with Crippen molar-refractivity contribution in [2.45, 2.75) is 13.5 Å². The molecular weight excluding hydrogens is 348 g/mol. The number of carbonyl (C=O) groups is 1. The highest BCUT2D eigenvalue weighted by Gasteiger charge is 2.09. The zero-order valence-corrected chi connectivity index (χ0v) is 15.5. The fraction of sp³-hybridized carbons (Fsp3) is 0.0870. The van der Waals surface area contributed by atoms with Gasteiger partial charge in [-0.1, -0.05) is 48.5 Å². The molecule has 0 aliphatic rings. The number of rotatable bonds is 5. The van der Waals surface area contributed by atoms with Gasteiger partial charge in [0.1, 0.15) is 6.54 Å². The van der Waals surface area contributed by atoms with Crippen LogP contribution in [-0.2, 0) is 11.3 Å². The minimum absolute atomic E-state index is 0.112. The van der Waals surface area contributed by atoms with Crippen LogP contribution in [0.3, 0.4) is 0 Å². The van der Waals surface area contributed by atoms with Crippen molar-refractivity contribution in [2.24, 2.45) is 0 Å². The third-order valence-corrected chi connectivity index (χ3v) is 4.64. The van der Waals surface area contributed by atoms with Crippen molar-refractivity contribution < 1.29 is 4.79 Å². The van der Waals surface area contributed by atoms with Crippen molar-refractivity contribution in [3.05, 3.63) is 84.7 Å². The molecule has 3 aromatic carbocycles. The first kappa shape index (κ1) is 17.7. The number of aromatic nitrogens is 2. The summed E-state index contributed by atoms with van der Waals surface area (Å²) in [4.78, 5) is 16.8. The van der Waals surface area contributed by atoms with E-state index in [-0.39, 0.29) is 12.5 Å². The lowest BCUT2D eigenvalue weighted by Gasteiger charge is -2.08. The standard InChI is InChI=1S/C23H20N4O/c1-16(24)19-9-12-22-21(13-19)25-15-27(22)14-23(28)26-20-10-7-18(8-11-20)17-5-3-2-4-6-17/h2-13,15,24H,14H2,1H3,(H,26,28). The van der Waals surface area contributed by atoms with Gasteiger partial charge in [-0.15, -0.1) is 0 Å². The Bertz CT molecular complexity index is 1140. The molecule has 0 atom stereocenters. The highest BCUT2D eigenvalue weighted by atomic mass is 16.1. The fourth-order valence-corrected chi connectivity index (χ4v) is 3.15. The van der Waals surface area contributed by atoms with Crippen molar-refractivity contribution in [3.63, 3.8) is 0 Å². The first-order chi connectivity index (χ1) is 13.6. The normalized spacial score (nSPS) is 10.8. The maximum Gasteiger partial charge on any atom is 0.244 e. The lowest BCUT2D eigenvalue weighted by atomic mass is 10.1. The van der Waals surface area contributed by atoms with Crippen LogP contribution in [0.4, 0.5) is 5.69 Å². The van der Waals surface area contributed by atoms with Gasteiger partial charge < -0.3 is 15.3 Å². The van der Waals surface area contributed by atoms with Gasteiger partial charge in [0.15, 0.2) is 0 Å². The summed E-state index contributed by atoms with van der Waals surface area (Å²) < 4.78 is 1.81. The van der Waals surface area contributed by atoms with E-state index in [0.29, 0.717) is 5.71 Å². The van der Waals surface area contributed by atoms with Gasteiger partial charge in [0.2, 0.25) is 5.91 Å². The van der Waals surface area contributed by atoms with Crippen LogP contribution in [0.2, 0.25) is 0 Å². The molecule has 1 aromatic heterocycles. The highest BCUT2D eigenvalue weighted by Crippen LogP contribution is 2.21. The predicted octanol–water partition coefficient (Wildman–Crippen LogP) is 4.73. The Hall–Kier alpha value is -3.73. The molecule has 1 heterocycles. The Labute approximate surface area is 163 Å². The number of nitrogens with one attached hydrogen (secondary N) is 2. The van der Waals surface area contributed by atoms with Crippen molar-refractivity contribution in [2.75, 3.05) is 5.32 Å². The number of fused-ring (bicyclic) bond motifs is 1. The van der Waals surface area contributed by atoms with Crippen LogP contribution >= 0.6 is 0 Å². The SMILES string of the molecule is CC(=N)c1ccc2c(c1)ncn2CC(=O)Nc1ccc(-c2ccccc2)cc1. The largest absolute Gasteiger partial charge is 0.325 e. The molecule has 0 aliphatic heterocycles. The van der Waals surface area contributed by atoms with Gasteiger partial charge in [-0.05, 0) is 47.9 Å². The molecule has 28 heavy (non-hydrogen) atoms. The third kappa shape index (κ3) is 3.69. The Kier molecular flexibility index (Phi) is 4.72. The van der Waals surface area contributed by atoms with Crippen LogP contribution in [0.25, 0.3) is 22.2 Å². The summed E-state index contributed by atoms with van der Waals surface area (Å²) in [6.45, 7) is 1.93. The lowest BCUT2D eigenvalue weighted by molar-refractivity contribution is -0.116. The number of nitrogens with zero attached hydrogens (tertiary/aromatic N) is 2. The van der Waals surface area contributed by atoms with Crippen LogP contribution in [0.5, 0.6) is 0 Å². The number of imidazole rings is 1. The van der Waals surface area contributed by atoms with E-state index >= 15 is 0 Å². The zero-order chi connectivity index (χ0) is 19.5. The van der Waals surface area contributed by atoms with E-state index in [1.54, 1.807) is 13.3 Å². The predicted molar refractivity (Wildman–Crippen MR) is 113 cm³/mol. The molecule has 5 heteroatoms. The van der Waals surface area contributed by atoms with Gasteiger partial charge in [0.25, 0.3) is 0 Å². The molecule has 0 aliphatic carbocycles. The monoisotopic (exact) mass is 368 g/mol. The number of hydrogen-bond acceptors (Lipinski definition) is 3. The maximum atomic E-state index is 12.5. The number of amides is 1. The van der Waals surface area contributed by atoms with E-state index in [0.717, 1.165) is 33.4 Å². The first-order valence-corrected chi connectivity index (χ1v) is 9.06. The van der Waals surface area contributed by atoms with Gasteiger partial charge in [-0.3, -0.25) is 4.79 Å². The molecule has 0 spiro atoms. The van der Waals surface area contributed by atoms with E-state index in [4.69, 9.17) is 5.41 Å². The molecule has 0 radical (unpaired) electrons. The van der Waals surface area contributed by atoms with E-state index in [2.05, 4.69) is 22.4 Å². The molecule has 0 saturated heterocycles. The first-order valence-electron chi connectivity index (χ1n) is 9.06. The summed E-state index contributed by atoms with van der Waals surface area (Å²) >= 11 is 0. The zero-order valence-electron chi connectivity index (χ0n) is 15.5. The summed E-state index contributed by atoms with van der Waals surface area (Å²) in [7, 11) is 0. The van der Waals surface area contributed by atoms with Crippen LogP contribution in [0, 0.1) is 5.41 Å². The van der Waals surface area contributed by atoms with Crippen molar-refractivity contribution in [1.82, 2.24) is 9.55 Å². The molecule has 2 N–H and O–H groups in total. The molecule has 0 fully saturated rings. The third-order valence-electron chi connectivity index (χ3n) is 4.64. The molecular formula is C23H20N4O. The second-order valence-electron chi connectivity index (χ2n) is 6.69. The number of carbonyl (C=O) groups excluding carboxylic acids is 1. The summed E-state index contributed by atoms with van der Waals surface area (Å²) in [5, 5.41) is 10.7. The van der Waals surface area contributed by atoms with Crippen molar-refractivity contribution in [3.8, 4) is 11.1 Å². The average molecular weight is 368 g/mol. The minimum Gasteiger partial charge on any atom is -0.325 e. The van der Waals surface area contributed by atoms with Crippen molar-refractivity contribution in [1.29, 1.82) is 5.41 Å². The molecule has 4 rings (SSSR count). The molecule has 0 unspecified atom stereocenters. The molecule has 4 aromatic rings. The number of anilines is 1. The molecule has 0 bridgehead atoms. The molecule has 0 saturated carbocycles. The van der Waals surface area contributed by atoms with Crippen LogP contribution in [0.1, 0.15) is 12.5 Å². The topological polar surface area (TPSA) is 70.8 Å². The summed E-state index contributed by atoms with van der Waals surface area (Å²) in [5.74, 6) is -0.112. The van der Waals surface area contributed by atoms with Crippen LogP contribution < -0.4 is 5.32 Å². The number of benzene rings is 3. The molecule has 138 valence electrons. The fourth-order valence-electron chi connectivity index (χ4n) is 3.15. The summed E-state index contributed by atoms with van der Waals surface area (Å²) in [6.07, 6.45) is 1.66. The Morgan fingerprint density at radius 2 is 1.71 bits per heavy atom.